The van der Waals surface area contributed by atoms with Crippen molar-refractivity contribution in [1.82, 2.24) is 0 Å². The van der Waals surface area contributed by atoms with E-state index in [1.165, 1.54) is 51.4 Å². The molecule has 0 heteroatoms. The highest BCUT2D eigenvalue weighted by molar-refractivity contribution is 4.90. The fourth-order valence-electron chi connectivity index (χ4n) is 6.41. The molecule has 2 rings (SSSR count). The molecule has 0 radical (unpaired) electrons. The summed E-state index contributed by atoms with van der Waals surface area (Å²) in [6.07, 6.45) is 11.6. The van der Waals surface area contributed by atoms with E-state index in [0.717, 1.165) is 23.7 Å². The SMILES string of the molecule is CC(C)(C)[C@@H]1CCCC[C@H]1C(C)(C)C.CC(C)(C)[C@H]1CCCC[C@@H]1C(C)(C)C. The number of hydrogen-bond acceptors (Lipinski definition) is 0. The molecule has 2 saturated carbocycles. The van der Waals surface area contributed by atoms with Gasteiger partial charge in [0.05, 0.1) is 0 Å². The average molecular weight is 393 g/mol. The highest BCUT2D eigenvalue weighted by Crippen LogP contribution is 2.50. The van der Waals surface area contributed by atoms with E-state index in [1.54, 1.807) is 0 Å². The first-order chi connectivity index (χ1) is 12.5. The maximum Gasteiger partial charge on any atom is -0.0332 e. The van der Waals surface area contributed by atoms with Crippen molar-refractivity contribution in [3.05, 3.63) is 0 Å². The van der Waals surface area contributed by atoms with Crippen LogP contribution in [0.1, 0.15) is 134 Å². The van der Waals surface area contributed by atoms with Gasteiger partial charge in [0.25, 0.3) is 0 Å². The van der Waals surface area contributed by atoms with E-state index in [9.17, 15) is 0 Å². The molecule has 0 aromatic heterocycles. The zero-order valence-corrected chi connectivity index (χ0v) is 22.0. The van der Waals surface area contributed by atoms with Crippen LogP contribution >= 0.6 is 0 Å². The average Bonchev–Trinajstić information content (AvgIpc) is 2.52. The molecule has 0 bridgehead atoms. The van der Waals surface area contributed by atoms with Crippen molar-refractivity contribution in [2.45, 2.75) is 134 Å². The van der Waals surface area contributed by atoms with Crippen LogP contribution in [0.2, 0.25) is 0 Å². The van der Waals surface area contributed by atoms with Gasteiger partial charge in [-0.3, -0.25) is 0 Å². The zero-order valence-electron chi connectivity index (χ0n) is 22.0. The van der Waals surface area contributed by atoms with E-state index in [0.29, 0.717) is 21.7 Å². The first kappa shape index (κ1) is 26.0. The Kier molecular flexibility index (Phi) is 8.77. The third kappa shape index (κ3) is 7.68. The quantitative estimate of drug-likeness (QED) is 0.384. The molecule has 4 atom stereocenters. The summed E-state index contributed by atoms with van der Waals surface area (Å²) in [5.41, 5.74) is 1.99. The van der Waals surface area contributed by atoms with E-state index >= 15 is 0 Å². The van der Waals surface area contributed by atoms with Crippen LogP contribution in [-0.4, -0.2) is 0 Å². The van der Waals surface area contributed by atoms with Crippen molar-refractivity contribution in [3.63, 3.8) is 0 Å². The first-order valence-corrected chi connectivity index (χ1v) is 12.5. The molecule has 0 heterocycles. The molecule has 0 unspecified atom stereocenters. The van der Waals surface area contributed by atoms with Crippen molar-refractivity contribution in [2.75, 3.05) is 0 Å². The predicted octanol–water partition coefficient (Wildman–Crippen LogP) is 9.77. The molecule has 0 aromatic rings. The van der Waals surface area contributed by atoms with Gasteiger partial charge in [-0.2, -0.15) is 0 Å². The van der Waals surface area contributed by atoms with Gasteiger partial charge in [-0.15, -0.1) is 0 Å². The van der Waals surface area contributed by atoms with E-state index < -0.39 is 0 Å². The standard InChI is InChI=1S/2C14H28/c2*1-13(2,3)11-9-7-8-10-12(11)14(4,5)6/h2*11-12H,7-10H2,1-6H3/t2*11-,12-/m10/s1. The van der Waals surface area contributed by atoms with Crippen molar-refractivity contribution in [1.29, 1.82) is 0 Å². The smallest absolute Gasteiger partial charge is 0.0332 e. The summed E-state index contributed by atoms with van der Waals surface area (Å²) in [4.78, 5) is 0. The molecule has 0 N–H and O–H groups in total. The molecule has 0 nitrogen and oxygen atoms in total. The van der Waals surface area contributed by atoms with Crippen LogP contribution in [0.3, 0.4) is 0 Å². The fourth-order valence-corrected chi connectivity index (χ4v) is 6.41. The zero-order chi connectivity index (χ0) is 22.0. The second-order valence-electron chi connectivity index (χ2n) is 14.5. The Bertz CT molecular complexity index is 354. The monoisotopic (exact) mass is 392 g/mol. The molecule has 0 saturated heterocycles. The second-order valence-corrected chi connectivity index (χ2v) is 14.5. The Morgan fingerprint density at radius 1 is 0.321 bits per heavy atom. The molecule has 0 aliphatic heterocycles. The summed E-state index contributed by atoms with van der Waals surface area (Å²) in [5, 5.41) is 0. The largest absolute Gasteiger partial charge is 0.0599 e. The lowest BCUT2D eigenvalue weighted by Crippen LogP contribution is -2.38. The topological polar surface area (TPSA) is 0 Å². The van der Waals surface area contributed by atoms with Gasteiger partial charge in [-0.05, 0) is 71.0 Å². The molecule has 0 amide bonds. The third-order valence-corrected chi connectivity index (χ3v) is 7.98. The Labute approximate surface area is 180 Å². The Morgan fingerprint density at radius 3 is 0.571 bits per heavy atom. The van der Waals surface area contributed by atoms with Crippen molar-refractivity contribution in [2.24, 2.45) is 45.3 Å². The van der Waals surface area contributed by atoms with Crippen LogP contribution in [0.25, 0.3) is 0 Å². The number of hydrogen-bond donors (Lipinski definition) is 0. The minimum atomic E-state index is 0.498. The van der Waals surface area contributed by atoms with Crippen LogP contribution in [0.15, 0.2) is 0 Å². The summed E-state index contributed by atoms with van der Waals surface area (Å²) in [5.74, 6) is 3.71. The maximum absolute atomic E-state index is 2.42. The van der Waals surface area contributed by atoms with E-state index in [4.69, 9.17) is 0 Å². The number of rotatable bonds is 0. The third-order valence-electron chi connectivity index (χ3n) is 7.98. The summed E-state index contributed by atoms with van der Waals surface area (Å²) >= 11 is 0. The molecule has 2 aliphatic rings. The van der Waals surface area contributed by atoms with Crippen molar-refractivity contribution < 1.29 is 0 Å². The lowest BCUT2D eigenvalue weighted by Gasteiger charge is -2.46. The predicted molar refractivity (Wildman–Crippen MR) is 129 cm³/mol. The van der Waals surface area contributed by atoms with Crippen molar-refractivity contribution >= 4 is 0 Å². The molecule has 2 aliphatic carbocycles. The van der Waals surface area contributed by atoms with E-state index in [1.807, 2.05) is 0 Å². The van der Waals surface area contributed by atoms with E-state index in [2.05, 4.69) is 83.1 Å². The van der Waals surface area contributed by atoms with Crippen LogP contribution in [0.5, 0.6) is 0 Å². The van der Waals surface area contributed by atoms with Crippen molar-refractivity contribution in [3.8, 4) is 0 Å². The van der Waals surface area contributed by atoms with Gasteiger partial charge in [0.15, 0.2) is 0 Å². The Morgan fingerprint density at radius 2 is 0.464 bits per heavy atom. The van der Waals surface area contributed by atoms with Gasteiger partial charge in [-0.1, -0.05) is 109 Å². The summed E-state index contributed by atoms with van der Waals surface area (Å²) in [6, 6.07) is 0. The van der Waals surface area contributed by atoms with Crippen LogP contribution < -0.4 is 0 Å². The molecule has 0 spiro atoms. The summed E-state index contributed by atoms with van der Waals surface area (Å²) in [6.45, 7) is 29.0. The minimum absolute atomic E-state index is 0.498. The highest BCUT2D eigenvalue weighted by atomic mass is 14.5. The molecule has 168 valence electrons. The normalized spacial score (nSPS) is 30.4. The van der Waals surface area contributed by atoms with Crippen LogP contribution in [0, 0.1) is 45.3 Å². The molecular weight excluding hydrogens is 336 g/mol. The summed E-state index contributed by atoms with van der Waals surface area (Å²) < 4.78 is 0. The fraction of sp³-hybridized carbons (Fsp3) is 1.00. The van der Waals surface area contributed by atoms with Gasteiger partial charge in [0, 0.05) is 0 Å². The van der Waals surface area contributed by atoms with E-state index in [-0.39, 0.29) is 0 Å². The van der Waals surface area contributed by atoms with Gasteiger partial charge in [0.1, 0.15) is 0 Å². The highest BCUT2D eigenvalue weighted by Gasteiger charge is 2.40. The first-order valence-electron chi connectivity index (χ1n) is 12.5. The van der Waals surface area contributed by atoms with Gasteiger partial charge < -0.3 is 0 Å². The van der Waals surface area contributed by atoms with Gasteiger partial charge >= 0.3 is 0 Å². The second kappa shape index (κ2) is 9.43. The van der Waals surface area contributed by atoms with Gasteiger partial charge in [0.2, 0.25) is 0 Å². The Hall–Kier alpha value is 0. The van der Waals surface area contributed by atoms with Crippen LogP contribution in [0.4, 0.5) is 0 Å². The summed E-state index contributed by atoms with van der Waals surface area (Å²) in [7, 11) is 0. The molecule has 0 aromatic carbocycles. The molecular formula is C28H56. The molecule has 2 fully saturated rings. The lowest BCUT2D eigenvalue weighted by molar-refractivity contribution is 0.0335. The Balaban J connectivity index is 0.000000280. The molecule has 28 heavy (non-hydrogen) atoms. The maximum atomic E-state index is 2.42. The van der Waals surface area contributed by atoms with Crippen LogP contribution in [-0.2, 0) is 0 Å². The minimum Gasteiger partial charge on any atom is -0.0599 e. The van der Waals surface area contributed by atoms with Gasteiger partial charge in [-0.25, -0.2) is 0 Å². The lowest BCUT2D eigenvalue weighted by atomic mass is 9.59.